The van der Waals surface area contributed by atoms with E-state index in [2.05, 4.69) is 0 Å². The molecule has 1 N–H and O–H groups in total. The highest BCUT2D eigenvalue weighted by atomic mass is 35.5. The summed E-state index contributed by atoms with van der Waals surface area (Å²) >= 11 is 6.01. The molecule has 0 unspecified atom stereocenters. The van der Waals surface area contributed by atoms with Gasteiger partial charge in [-0.3, -0.25) is 4.79 Å². The summed E-state index contributed by atoms with van der Waals surface area (Å²) in [6, 6.07) is 8.42. The van der Waals surface area contributed by atoms with Crippen molar-refractivity contribution in [1.82, 2.24) is 9.13 Å². The van der Waals surface area contributed by atoms with Crippen molar-refractivity contribution >= 4 is 28.5 Å². The number of alkyl halides is 3. The van der Waals surface area contributed by atoms with Crippen molar-refractivity contribution in [2.75, 3.05) is 6.61 Å². The third-order valence-electron chi connectivity index (χ3n) is 4.68. The van der Waals surface area contributed by atoms with Gasteiger partial charge in [-0.1, -0.05) is 30.7 Å². The number of aromatic nitrogens is 2. The molecule has 0 atom stereocenters. The lowest BCUT2D eigenvalue weighted by molar-refractivity contribution is -0.153. The number of carboxylic acid groups (broad SMARTS) is 1. The smallest absolute Gasteiger partial charge is 0.422 e. The number of rotatable bonds is 6. The highest BCUT2D eigenvalue weighted by Gasteiger charge is 2.32. The summed E-state index contributed by atoms with van der Waals surface area (Å²) in [6.07, 6.45) is -4.25. The summed E-state index contributed by atoms with van der Waals surface area (Å²) in [5.41, 5.74) is 0.338. The number of pyridine rings is 1. The number of hydrogen-bond donors (Lipinski definition) is 1. The van der Waals surface area contributed by atoms with E-state index in [9.17, 15) is 27.9 Å². The second-order valence-electron chi connectivity index (χ2n) is 6.72. The fraction of sp³-hybridized carbons (Fsp3) is 0.300. The normalized spacial score (nSPS) is 11.8. The standard InChI is InChI=1S/C20H18ClF3N2O4/c1-3-13-8-14-15(18(27)26(13)9-11-5-4-6-12(21)7-11)17(30-10-20(22,23)24)16(19(28)29)25(14)2/h4-8H,3,9-10H2,1-2H3,(H,28,29). The summed E-state index contributed by atoms with van der Waals surface area (Å²) in [5.74, 6) is -2.09. The van der Waals surface area contributed by atoms with Crippen molar-refractivity contribution in [2.24, 2.45) is 7.05 Å². The Kier molecular flexibility index (Phi) is 5.85. The average molecular weight is 443 g/mol. The molecule has 30 heavy (non-hydrogen) atoms. The Morgan fingerprint density at radius 1 is 1.27 bits per heavy atom. The predicted octanol–water partition coefficient (Wildman–Crippen LogP) is 4.24. The Bertz CT molecular complexity index is 1180. The van der Waals surface area contributed by atoms with Crippen molar-refractivity contribution in [3.05, 3.63) is 62.7 Å². The molecule has 2 heterocycles. The molecule has 0 bridgehead atoms. The van der Waals surface area contributed by atoms with Gasteiger partial charge in [0.05, 0.1) is 12.1 Å². The van der Waals surface area contributed by atoms with Crippen molar-refractivity contribution in [3.63, 3.8) is 0 Å². The van der Waals surface area contributed by atoms with Gasteiger partial charge in [0.2, 0.25) is 0 Å². The molecule has 0 amide bonds. The molecule has 3 aromatic rings. The Labute approximate surface area is 174 Å². The van der Waals surface area contributed by atoms with Crippen LogP contribution in [0.5, 0.6) is 5.75 Å². The lowest BCUT2D eigenvalue weighted by atomic mass is 10.1. The number of aryl methyl sites for hydroxylation is 2. The van der Waals surface area contributed by atoms with Crippen LogP contribution in [0.4, 0.5) is 13.2 Å². The van der Waals surface area contributed by atoms with Crippen molar-refractivity contribution < 1.29 is 27.8 Å². The molecule has 6 nitrogen and oxygen atoms in total. The van der Waals surface area contributed by atoms with Gasteiger partial charge in [0.1, 0.15) is 5.39 Å². The SMILES string of the molecule is CCc1cc2c(c(OCC(F)(F)F)c(C(=O)O)n2C)c(=O)n1Cc1cccc(Cl)c1. The Balaban J connectivity index is 2.27. The van der Waals surface area contributed by atoms with Gasteiger partial charge in [-0.05, 0) is 30.2 Å². The van der Waals surface area contributed by atoms with Gasteiger partial charge < -0.3 is 19.0 Å². The molecule has 0 saturated heterocycles. The summed E-state index contributed by atoms with van der Waals surface area (Å²) in [5, 5.41) is 9.79. The summed E-state index contributed by atoms with van der Waals surface area (Å²) in [4.78, 5) is 25.0. The topological polar surface area (TPSA) is 73.5 Å². The van der Waals surface area contributed by atoms with Gasteiger partial charge >= 0.3 is 12.1 Å². The van der Waals surface area contributed by atoms with Crippen LogP contribution in [0, 0.1) is 0 Å². The lowest BCUT2D eigenvalue weighted by Crippen LogP contribution is -2.25. The van der Waals surface area contributed by atoms with Gasteiger partial charge in [0, 0.05) is 17.8 Å². The number of nitrogens with zero attached hydrogens (tertiary/aromatic N) is 2. The number of halogens is 4. The minimum absolute atomic E-state index is 0.120. The summed E-state index contributed by atoms with van der Waals surface area (Å²) in [6.45, 7) is 0.224. The highest BCUT2D eigenvalue weighted by Crippen LogP contribution is 2.32. The second kappa shape index (κ2) is 8.06. The molecule has 0 spiro atoms. The number of carboxylic acids is 1. The molecule has 3 rings (SSSR count). The molecule has 2 aromatic heterocycles. The zero-order chi connectivity index (χ0) is 22.2. The maximum Gasteiger partial charge on any atom is 0.422 e. The fourth-order valence-corrected chi connectivity index (χ4v) is 3.58. The van der Waals surface area contributed by atoms with Gasteiger partial charge in [0.15, 0.2) is 18.1 Å². The molecule has 0 fully saturated rings. The number of aromatic carboxylic acids is 1. The minimum Gasteiger partial charge on any atom is -0.481 e. The Morgan fingerprint density at radius 3 is 2.53 bits per heavy atom. The summed E-state index contributed by atoms with van der Waals surface area (Å²) in [7, 11) is 1.37. The van der Waals surface area contributed by atoms with E-state index in [1.54, 1.807) is 30.3 Å². The van der Waals surface area contributed by atoms with Gasteiger partial charge in [-0.25, -0.2) is 4.79 Å². The molecule has 160 valence electrons. The van der Waals surface area contributed by atoms with E-state index in [-0.39, 0.29) is 17.4 Å². The Morgan fingerprint density at radius 2 is 1.97 bits per heavy atom. The largest absolute Gasteiger partial charge is 0.481 e. The zero-order valence-corrected chi connectivity index (χ0v) is 16.8. The first kappa shape index (κ1) is 21.8. The molecule has 0 aliphatic carbocycles. The van der Waals surface area contributed by atoms with Crippen molar-refractivity contribution in [2.45, 2.75) is 26.1 Å². The first-order valence-electron chi connectivity index (χ1n) is 8.95. The third-order valence-corrected chi connectivity index (χ3v) is 4.91. The van der Waals surface area contributed by atoms with Gasteiger partial charge in [-0.15, -0.1) is 0 Å². The van der Waals surface area contributed by atoms with E-state index in [0.29, 0.717) is 22.7 Å². The number of fused-ring (bicyclic) bond motifs is 1. The lowest BCUT2D eigenvalue weighted by Gasteiger charge is -2.14. The molecule has 1 aromatic carbocycles. The maximum absolute atomic E-state index is 13.3. The van der Waals surface area contributed by atoms with E-state index < -0.39 is 35.8 Å². The average Bonchev–Trinajstić information content (AvgIpc) is 2.93. The minimum atomic E-state index is -4.69. The monoisotopic (exact) mass is 442 g/mol. The van der Waals surface area contributed by atoms with E-state index in [1.807, 2.05) is 6.92 Å². The molecule has 0 radical (unpaired) electrons. The Hall–Kier alpha value is -2.94. The van der Waals surface area contributed by atoms with Crippen LogP contribution in [-0.2, 0) is 20.0 Å². The molecule has 0 saturated carbocycles. The van der Waals surface area contributed by atoms with Crippen LogP contribution in [0.1, 0.15) is 28.7 Å². The van der Waals surface area contributed by atoms with Crippen LogP contribution >= 0.6 is 11.6 Å². The molecular formula is C20H18ClF3N2O4. The van der Waals surface area contributed by atoms with Gasteiger partial charge in [0.25, 0.3) is 5.56 Å². The van der Waals surface area contributed by atoms with Crippen LogP contribution in [0.3, 0.4) is 0 Å². The predicted molar refractivity (Wildman–Crippen MR) is 106 cm³/mol. The van der Waals surface area contributed by atoms with Crippen LogP contribution < -0.4 is 10.3 Å². The van der Waals surface area contributed by atoms with E-state index >= 15 is 0 Å². The number of hydrogen-bond acceptors (Lipinski definition) is 3. The molecule has 0 aliphatic heterocycles. The quantitative estimate of drug-likeness (QED) is 0.619. The van der Waals surface area contributed by atoms with E-state index in [1.165, 1.54) is 11.6 Å². The molecule has 10 heteroatoms. The number of ether oxygens (including phenoxy) is 1. The fourth-order valence-electron chi connectivity index (χ4n) is 3.37. The first-order chi connectivity index (χ1) is 14.0. The van der Waals surface area contributed by atoms with Crippen LogP contribution in [-0.4, -0.2) is 33.0 Å². The first-order valence-corrected chi connectivity index (χ1v) is 9.33. The highest BCUT2D eigenvalue weighted by molar-refractivity contribution is 6.30. The molecular weight excluding hydrogens is 425 g/mol. The summed E-state index contributed by atoms with van der Waals surface area (Å²) < 4.78 is 45.6. The third kappa shape index (κ3) is 4.16. The maximum atomic E-state index is 13.3. The van der Waals surface area contributed by atoms with Crippen molar-refractivity contribution in [1.29, 1.82) is 0 Å². The zero-order valence-electron chi connectivity index (χ0n) is 16.1. The van der Waals surface area contributed by atoms with Crippen LogP contribution in [0.2, 0.25) is 5.02 Å². The van der Waals surface area contributed by atoms with E-state index in [0.717, 1.165) is 4.57 Å². The second-order valence-corrected chi connectivity index (χ2v) is 7.15. The van der Waals surface area contributed by atoms with Crippen LogP contribution in [0.25, 0.3) is 10.9 Å². The van der Waals surface area contributed by atoms with Gasteiger partial charge in [-0.2, -0.15) is 13.2 Å². The number of benzene rings is 1. The van der Waals surface area contributed by atoms with Crippen molar-refractivity contribution in [3.8, 4) is 5.75 Å². The number of carbonyl (C=O) groups is 1. The van der Waals surface area contributed by atoms with E-state index in [4.69, 9.17) is 16.3 Å². The molecule has 0 aliphatic rings. The van der Waals surface area contributed by atoms with Crippen LogP contribution in [0.15, 0.2) is 35.1 Å².